The van der Waals surface area contributed by atoms with Crippen molar-refractivity contribution in [2.75, 3.05) is 0 Å². The van der Waals surface area contributed by atoms with Gasteiger partial charge in [-0.25, -0.2) is 14.3 Å². The van der Waals surface area contributed by atoms with E-state index in [2.05, 4.69) is 47.4 Å². The van der Waals surface area contributed by atoms with Gasteiger partial charge in [0.2, 0.25) is 0 Å². The molecule has 0 saturated heterocycles. The molecule has 0 spiro atoms. The van der Waals surface area contributed by atoms with Crippen molar-refractivity contribution in [2.24, 2.45) is 0 Å². The lowest BCUT2D eigenvalue weighted by Gasteiger charge is -2.08. The minimum Gasteiger partial charge on any atom is -0.308 e. The molecule has 3 heterocycles. The maximum atomic E-state index is 4.70. The molecule has 0 bridgehead atoms. The molecule has 136 valence electrons. The SMILES string of the molecule is Cc1nn(-c2ccccc2)c(C)c1CNCc1ccc(-n2cccn2)nc1. The summed E-state index contributed by atoms with van der Waals surface area (Å²) < 4.78 is 3.76. The summed E-state index contributed by atoms with van der Waals surface area (Å²) in [5.41, 5.74) is 5.67. The van der Waals surface area contributed by atoms with Crippen LogP contribution in [0.1, 0.15) is 22.5 Å². The maximum Gasteiger partial charge on any atom is 0.153 e. The maximum absolute atomic E-state index is 4.70. The van der Waals surface area contributed by atoms with E-state index in [1.54, 1.807) is 10.9 Å². The third-order valence-electron chi connectivity index (χ3n) is 4.62. The molecular formula is C21H22N6. The van der Waals surface area contributed by atoms with Crippen LogP contribution in [0.2, 0.25) is 0 Å². The van der Waals surface area contributed by atoms with E-state index in [0.29, 0.717) is 0 Å². The van der Waals surface area contributed by atoms with Gasteiger partial charge in [0.25, 0.3) is 0 Å². The van der Waals surface area contributed by atoms with Crippen LogP contribution in [0.15, 0.2) is 67.1 Å². The van der Waals surface area contributed by atoms with Crippen molar-refractivity contribution in [3.05, 3.63) is 89.6 Å². The molecule has 4 rings (SSSR count). The second-order valence-corrected chi connectivity index (χ2v) is 6.48. The van der Waals surface area contributed by atoms with Crippen LogP contribution in [0.25, 0.3) is 11.5 Å². The van der Waals surface area contributed by atoms with E-state index in [4.69, 9.17) is 5.10 Å². The van der Waals surface area contributed by atoms with Crippen LogP contribution in [0.5, 0.6) is 0 Å². The van der Waals surface area contributed by atoms with Crippen LogP contribution >= 0.6 is 0 Å². The predicted octanol–water partition coefficient (Wildman–Crippen LogP) is 3.36. The fraction of sp³-hybridized carbons (Fsp3) is 0.190. The first-order valence-corrected chi connectivity index (χ1v) is 8.98. The molecule has 0 atom stereocenters. The van der Waals surface area contributed by atoms with E-state index in [1.807, 2.05) is 47.4 Å². The molecule has 3 aromatic heterocycles. The van der Waals surface area contributed by atoms with Gasteiger partial charge >= 0.3 is 0 Å². The number of hydrogen-bond acceptors (Lipinski definition) is 4. The van der Waals surface area contributed by atoms with Gasteiger partial charge in [-0.05, 0) is 43.7 Å². The summed E-state index contributed by atoms with van der Waals surface area (Å²) in [6, 6.07) is 16.2. The number of aryl methyl sites for hydroxylation is 1. The average Bonchev–Trinajstić information content (AvgIpc) is 3.33. The summed E-state index contributed by atoms with van der Waals surface area (Å²) in [7, 11) is 0. The van der Waals surface area contributed by atoms with Gasteiger partial charge in [0.15, 0.2) is 5.82 Å². The monoisotopic (exact) mass is 358 g/mol. The Balaban J connectivity index is 1.41. The third kappa shape index (κ3) is 3.66. The number of nitrogens with one attached hydrogen (secondary N) is 1. The Morgan fingerprint density at radius 1 is 0.963 bits per heavy atom. The van der Waals surface area contributed by atoms with Crippen molar-refractivity contribution < 1.29 is 0 Å². The summed E-state index contributed by atoms with van der Waals surface area (Å²) in [4.78, 5) is 4.47. The van der Waals surface area contributed by atoms with Crippen molar-refractivity contribution in [2.45, 2.75) is 26.9 Å². The Morgan fingerprint density at radius 3 is 2.52 bits per heavy atom. The first kappa shape index (κ1) is 17.2. The summed E-state index contributed by atoms with van der Waals surface area (Å²) in [5, 5.41) is 12.4. The van der Waals surface area contributed by atoms with Gasteiger partial charge in [0, 0.05) is 42.9 Å². The van der Waals surface area contributed by atoms with E-state index < -0.39 is 0 Å². The van der Waals surface area contributed by atoms with Crippen molar-refractivity contribution in [3.8, 4) is 11.5 Å². The molecule has 4 aromatic rings. The highest BCUT2D eigenvalue weighted by Crippen LogP contribution is 2.17. The molecule has 1 aromatic carbocycles. The Hall–Kier alpha value is -3.25. The van der Waals surface area contributed by atoms with Gasteiger partial charge in [-0.3, -0.25) is 0 Å². The highest BCUT2D eigenvalue weighted by Gasteiger charge is 2.12. The lowest BCUT2D eigenvalue weighted by Crippen LogP contribution is -2.14. The highest BCUT2D eigenvalue weighted by atomic mass is 15.3. The number of rotatable bonds is 6. The van der Waals surface area contributed by atoms with Gasteiger partial charge in [0.1, 0.15) is 0 Å². The summed E-state index contributed by atoms with van der Waals surface area (Å²) in [6.07, 6.45) is 5.52. The van der Waals surface area contributed by atoms with Gasteiger partial charge in [-0.1, -0.05) is 24.3 Å². The molecule has 0 saturated carbocycles. The molecule has 0 unspecified atom stereocenters. The fourth-order valence-corrected chi connectivity index (χ4v) is 3.14. The molecule has 0 radical (unpaired) electrons. The van der Waals surface area contributed by atoms with Crippen LogP contribution in [-0.4, -0.2) is 24.5 Å². The number of hydrogen-bond donors (Lipinski definition) is 1. The smallest absolute Gasteiger partial charge is 0.153 e. The number of para-hydroxylation sites is 1. The zero-order chi connectivity index (χ0) is 18.6. The Bertz CT molecular complexity index is 1000. The largest absolute Gasteiger partial charge is 0.308 e. The van der Waals surface area contributed by atoms with Crippen molar-refractivity contribution in [1.29, 1.82) is 0 Å². The van der Waals surface area contributed by atoms with Gasteiger partial charge in [0.05, 0.1) is 11.4 Å². The molecule has 0 aliphatic rings. The Labute approximate surface area is 158 Å². The molecule has 27 heavy (non-hydrogen) atoms. The number of nitrogens with zero attached hydrogens (tertiary/aromatic N) is 5. The van der Waals surface area contributed by atoms with E-state index in [-0.39, 0.29) is 0 Å². The van der Waals surface area contributed by atoms with Gasteiger partial charge in [-0.2, -0.15) is 10.2 Å². The first-order chi connectivity index (χ1) is 13.2. The minimum absolute atomic E-state index is 0.752. The molecule has 1 N–H and O–H groups in total. The molecule has 0 amide bonds. The molecule has 0 fully saturated rings. The van der Waals surface area contributed by atoms with Crippen molar-refractivity contribution in [3.63, 3.8) is 0 Å². The summed E-state index contributed by atoms with van der Waals surface area (Å²) >= 11 is 0. The Kier molecular flexibility index (Phi) is 4.80. The predicted molar refractivity (Wildman–Crippen MR) is 105 cm³/mol. The van der Waals surface area contributed by atoms with E-state index >= 15 is 0 Å². The van der Waals surface area contributed by atoms with Crippen LogP contribution in [-0.2, 0) is 13.1 Å². The van der Waals surface area contributed by atoms with Crippen molar-refractivity contribution >= 4 is 0 Å². The Morgan fingerprint density at radius 2 is 1.81 bits per heavy atom. The standard InChI is InChI=1S/C21H22N6/c1-16-20(17(2)27(25-16)19-7-4-3-5-8-19)15-22-13-18-9-10-21(23-14-18)26-12-6-11-24-26/h3-12,14,22H,13,15H2,1-2H3. The molecular weight excluding hydrogens is 336 g/mol. The number of aromatic nitrogens is 5. The van der Waals surface area contributed by atoms with E-state index in [9.17, 15) is 0 Å². The topological polar surface area (TPSA) is 60.6 Å². The molecule has 6 heteroatoms. The quantitative estimate of drug-likeness (QED) is 0.574. The lowest BCUT2D eigenvalue weighted by molar-refractivity contribution is 0.684. The van der Waals surface area contributed by atoms with E-state index in [1.165, 1.54) is 11.3 Å². The second-order valence-electron chi connectivity index (χ2n) is 6.48. The molecule has 6 nitrogen and oxygen atoms in total. The number of pyridine rings is 1. The third-order valence-corrected chi connectivity index (χ3v) is 4.62. The molecule has 0 aliphatic heterocycles. The normalized spacial score (nSPS) is 11.0. The minimum atomic E-state index is 0.752. The van der Waals surface area contributed by atoms with Crippen LogP contribution in [0, 0.1) is 13.8 Å². The second kappa shape index (κ2) is 7.55. The first-order valence-electron chi connectivity index (χ1n) is 8.98. The van der Waals surface area contributed by atoms with Crippen LogP contribution in [0.3, 0.4) is 0 Å². The van der Waals surface area contributed by atoms with Crippen LogP contribution < -0.4 is 5.32 Å². The summed E-state index contributed by atoms with van der Waals surface area (Å²) in [6.45, 7) is 5.70. The highest BCUT2D eigenvalue weighted by molar-refractivity contribution is 5.37. The zero-order valence-electron chi connectivity index (χ0n) is 15.5. The summed E-state index contributed by atoms with van der Waals surface area (Å²) in [5.74, 6) is 0.819. The number of benzene rings is 1. The van der Waals surface area contributed by atoms with Crippen molar-refractivity contribution in [1.82, 2.24) is 29.9 Å². The lowest BCUT2D eigenvalue weighted by atomic mass is 10.2. The van der Waals surface area contributed by atoms with E-state index in [0.717, 1.165) is 35.9 Å². The van der Waals surface area contributed by atoms with Gasteiger partial charge in [-0.15, -0.1) is 0 Å². The molecule has 0 aliphatic carbocycles. The fourth-order valence-electron chi connectivity index (χ4n) is 3.14. The average molecular weight is 358 g/mol. The zero-order valence-corrected chi connectivity index (χ0v) is 15.5. The van der Waals surface area contributed by atoms with Gasteiger partial charge < -0.3 is 5.32 Å². The van der Waals surface area contributed by atoms with Crippen LogP contribution in [0.4, 0.5) is 0 Å².